The first-order valence-corrected chi connectivity index (χ1v) is 10.4. The molecule has 0 spiro atoms. The molecule has 5 aromatic rings. The molecule has 0 radical (unpaired) electrons. The van der Waals surface area contributed by atoms with Crippen LogP contribution in [0.2, 0.25) is 5.15 Å². The van der Waals surface area contributed by atoms with E-state index in [-0.39, 0.29) is 0 Å². The van der Waals surface area contributed by atoms with E-state index in [1.807, 2.05) is 72.8 Å². The molecule has 7 heteroatoms. The van der Waals surface area contributed by atoms with Crippen LogP contribution in [-0.2, 0) is 0 Å². The van der Waals surface area contributed by atoms with Crippen LogP contribution in [0, 0.1) is 0 Å². The first-order valence-electron chi connectivity index (χ1n) is 9.98. The van der Waals surface area contributed by atoms with Crippen molar-refractivity contribution in [2.75, 3.05) is 14.2 Å². The van der Waals surface area contributed by atoms with Crippen LogP contribution in [0.15, 0.2) is 79.0 Å². The third-order valence-electron chi connectivity index (χ3n) is 5.22. The summed E-state index contributed by atoms with van der Waals surface area (Å²) in [5.41, 5.74) is 5.33. The van der Waals surface area contributed by atoms with Crippen molar-refractivity contribution in [2.45, 2.75) is 0 Å². The van der Waals surface area contributed by atoms with Gasteiger partial charge in [-0.25, -0.2) is 4.98 Å². The van der Waals surface area contributed by atoms with Crippen LogP contribution in [-0.4, -0.2) is 33.8 Å². The number of hydrogen-bond acceptors (Lipinski definition) is 5. The van der Waals surface area contributed by atoms with Gasteiger partial charge in [-0.15, -0.1) is 0 Å². The minimum atomic E-state index is 0.323. The van der Waals surface area contributed by atoms with E-state index in [2.05, 4.69) is 4.98 Å². The van der Waals surface area contributed by atoms with E-state index >= 15 is 0 Å². The predicted octanol–water partition coefficient (Wildman–Crippen LogP) is 5.80. The summed E-state index contributed by atoms with van der Waals surface area (Å²) in [4.78, 5) is 9.27. The van der Waals surface area contributed by atoms with Crippen LogP contribution >= 0.6 is 11.6 Å². The number of aromatic nitrogens is 4. The minimum absolute atomic E-state index is 0.323. The number of rotatable bonds is 5. The van der Waals surface area contributed by atoms with Crippen molar-refractivity contribution >= 4 is 17.2 Å². The second-order valence-electron chi connectivity index (χ2n) is 7.06. The van der Waals surface area contributed by atoms with Crippen LogP contribution in [0.4, 0.5) is 0 Å². The van der Waals surface area contributed by atoms with E-state index in [0.29, 0.717) is 27.9 Å². The maximum absolute atomic E-state index is 6.73. The Labute approximate surface area is 190 Å². The van der Waals surface area contributed by atoms with Crippen molar-refractivity contribution in [3.05, 3.63) is 84.1 Å². The Bertz CT molecular complexity index is 1390. The molecule has 0 amide bonds. The molecule has 0 saturated heterocycles. The standard InChI is InChI=1S/C25H19ClN4O2/c1-31-18-13-11-17(12-14-18)21-23(26)28-24-20(16-8-4-3-5-9-16)22(19-10-6-7-15-27-19)29-30(24)25(21)32-2/h3-15H,1-2H3. The highest BCUT2D eigenvalue weighted by atomic mass is 35.5. The van der Waals surface area contributed by atoms with E-state index in [4.69, 9.17) is 31.2 Å². The number of benzene rings is 2. The van der Waals surface area contributed by atoms with Crippen LogP contribution in [0.3, 0.4) is 0 Å². The van der Waals surface area contributed by atoms with Gasteiger partial charge in [0, 0.05) is 6.20 Å². The molecule has 0 N–H and O–H groups in total. The molecular weight excluding hydrogens is 424 g/mol. The first-order chi connectivity index (χ1) is 15.7. The van der Waals surface area contributed by atoms with Gasteiger partial charge in [-0.2, -0.15) is 9.61 Å². The number of nitrogens with zero attached hydrogens (tertiary/aromatic N) is 4. The second kappa shape index (κ2) is 8.32. The highest BCUT2D eigenvalue weighted by molar-refractivity contribution is 6.32. The quantitative estimate of drug-likeness (QED) is 0.322. The zero-order chi connectivity index (χ0) is 22.1. The van der Waals surface area contributed by atoms with Gasteiger partial charge in [-0.3, -0.25) is 4.98 Å². The van der Waals surface area contributed by atoms with Gasteiger partial charge in [-0.05, 0) is 35.4 Å². The van der Waals surface area contributed by atoms with E-state index < -0.39 is 0 Å². The minimum Gasteiger partial charge on any atom is -0.497 e. The summed E-state index contributed by atoms with van der Waals surface area (Å²) >= 11 is 6.73. The Morgan fingerprint density at radius 1 is 0.781 bits per heavy atom. The molecule has 5 rings (SSSR count). The molecule has 3 heterocycles. The summed E-state index contributed by atoms with van der Waals surface area (Å²) in [6, 6.07) is 23.3. The van der Waals surface area contributed by atoms with Crippen LogP contribution < -0.4 is 9.47 Å². The van der Waals surface area contributed by atoms with Gasteiger partial charge in [0.05, 0.1) is 31.0 Å². The number of halogens is 1. The Balaban J connectivity index is 1.84. The number of hydrogen-bond donors (Lipinski definition) is 0. The van der Waals surface area contributed by atoms with Gasteiger partial charge in [0.25, 0.3) is 0 Å². The molecule has 0 saturated carbocycles. The Morgan fingerprint density at radius 2 is 1.50 bits per heavy atom. The smallest absolute Gasteiger partial charge is 0.227 e. The lowest BCUT2D eigenvalue weighted by Gasteiger charge is -2.12. The molecule has 2 aromatic carbocycles. The van der Waals surface area contributed by atoms with E-state index in [0.717, 1.165) is 28.1 Å². The monoisotopic (exact) mass is 442 g/mol. The highest BCUT2D eigenvalue weighted by Gasteiger charge is 2.25. The molecule has 0 aliphatic carbocycles. The molecule has 6 nitrogen and oxygen atoms in total. The summed E-state index contributed by atoms with van der Waals surface area (Å²) in [5.74, 6) is 1.24. The van der Waals surface area contributed by atoms with Gasteiger partial charge in [0.1, 0.15) is 16.6 Å². The Hall–Kier alpha value is -3.90. The van der Waals surface area contributed by atoms with E-state index in [1.165, 1.54) is 0 Å². The van der Waals surface area contributed by atoms with Gasteiger partial charge in [-0.1, -0.05) is 60.1 Å². The molecule has 0 aliphatic heterocycles. The zero-order valence-electron chi connectivity index (χ0n) is 17.5. The molecule has 0 aliphatic rings. The Morgan fingerprint density at radius 3 is 2.16 bits per heavy atom. The fourth-order valence-electron chi connectivity index (χ4n) is 3.74. The number of ether oxygens (including phenoxy) is 2. The molecule has 0 unspecified atom stereocenters. The SMILES string of the molecule is COc1ccc(-c2c(Cl)nc3c(-c4ccccc4)c(-c4ccccn4)nn3c2OC)cc1. The van der Waals surface area contributed by atoms with Crippen molar-refractivity contribution < 1.29 is 9.47 Å². The van der Waals surface area contributed by atoms with Crippen LogP contribution in [0.1, 0.15) is 0 Å². The van der Waals surface area contributed by atoms with Crippen molar-refractivity contribution in [2.24, 2.45) is 0 Å². The molecule has 32 heavy (non-hydrogen) atoms. The zero-order valence-corrected chi connectivity index (χ0v) is 18.2. The highest BCUT2D eigenvalue weighted by Crippen LogP contribution is 2.41. The number of methoxy groups -OCH3 is 2. The third kappa shape index (κ3) is 3.35. The van der Waals surface area contributed by atoms with Gasteiger partial charge < -0.3 is 9.47 Å². The Kier molecular flexibility index (Phi) is 5.21. The van der Waals surface area contributed by atoms with Crippen LogP contribution in [0.25, 0.3) is 39.3 Å². The fourth-order valence-corrected chi connectivity index (χ4v) is 4.01. The van der Waals surface area contributed by atoms with Crippen molar-refractivity contribution in [3.63, 3.8) is 0 Å². The average Bonchev–Trinajstić information content (AvgIpc) is 3.23. The molecular formula is C25H19ClN4O2. The number of pyridine rings is 1. The topological polar surface area (TPSA) is 61.5 Å². The molecule has 0 fully saturated rings. The van der Waals surface area contributed by atoms with E-state index in [1.54, 1.807) is 24.9 Å². The summed E-state index contributed by atoms with van der Waals surface area (Å²) in [6.07, 6.45) is 1.74. The second-order valence-corrected chi connectivity index (χ2v) is 7.41. The van der Waals surface area contributed by atoms with Gasteiger partial charge in [0.15, 0.2) is 5.65 Å². The van der Waals surface area contributed by atoms with Gasteiger partial charge in [0.2, 0.25) is 5.88 Å². The largest absolute Gasteiger partial charge is 0.497 e. The summed E-state index contributed by atoms with van der Waals surface area (Å²) in [6.45, 7) is 0. The van der Waals surface area contributed by atoms with Crippen molar-refractivity contribution in [3.8, 4) is 45.3 Å². The van der Waals surface area contributed by atoms with Crippen LogP contribution in [0.5, 0.6) is 11.6 Å². The summed E-state index contributed by atoms with van der Waals surface area (Å²) in [7, 11) is 3.23. The molecule has 3 aromatic heterocycles. The lowest BCUT2D eigenvalue weighted by molar-refractivity contribution is 0.387. The fraction of sp³-hybridized carbons (Fsp3) is 0.0800. The lowest BCUT2D eigenvalue weighted by atomic mass is 10.0. The van der Waals surface area contributed by atoms with Crippen molar-refractivity contribution in [1.29, 1.82) is 0 Å². The number of fused-ring (bicyclic) bond motifs is 1. The lowest BCUT2D eigenvalue weighted by Crippen LogP contribution is -2.02. The van der Waals surface area contributed by atoms with Gasteiger partial charge >= 0.3 is 0 Å². The summed E-state index contributed by atoms with van der Waals surface area (Å²) < 4.78 is 12.8. The molecule has 158 valence electrons. The maximum atomic E-state index is 6.73. The van der Waals surface area contributed by atoms with E-state index in [9.17, 15) is 0 Å². The maximum Gasteiger partial charge on any atom is 0.227 e. The summed E-state index contributed by atoms with van der Waals surface area (Å²) in [5, 5.41) is 5.20. The molecule has 0 atom stereocenters. The predicted molar refractivity (Wildman–Crippen MR) is 125 cm³/mol. The third-order valence-corrected chi connectivity index (χ3v) is 5.49. The first kappa shape index (κ1) is 20.0. The average molecular weight is 443 g/mol. The molecule has 0 bridgehead atoms. The normalized spacial score (nSPS) is 11.0. The van der Waals surface area contributed by atoms with Crippen molar-refractivity contribution in [1.82, 2.24) is 19.6 Å².